The summed E-state index contributed by atoms with van der Waals surface area (Å²) in [6.07, 6.45) is 1.77. The Labute approximate surface area is 158 Å². The van der Waals surface area contributed by atoms with Crippen molar-refractivity contribution in [2.24, 2.45) is 0 Å². The summed E-state index contributed by atoms with van der Waals surface area (Å²) in [5.41, 5.74) is 1.61. The van der Waals surface area contributed by atoms with Crippen LogP contribution in [0.25, 0.3) is 21.1 Å². The van der Waals surface area contributed by atoms with E-state index in [4.69, 9.17) is 11.6 Å². The Morgan fingerprint density at radius 1 is 1.23 bits per heavy atom. The Morgan fingerprint density at radius 2 is 2.04 bits per heavy atom. The number of halogens is 1. The normalized spacial score (nSPS) is 11.8. The zero-order valence-corrected chi connectivity index (χ0v) is 15.7. The van der Waals surface area contributed by atoms with E-state index in [2.05, 4.69) is 25.8 Å². The van der Waals surface area contributed by atoms with Crippen molar-refractivity contribution in [2.45, 2.75) is 19.4 Å². The highest BCUT2D eigenvalue weighted by molar-refractivity contribution is 7.23. The summed E-state index contributed by atoms with van der Waals surface area (Å²) in [5.74, 6) is -0.195. The van der Waals surface area contributed by atoms with Gasteiger partial charge < -0.3 is 5.32 Å². The number of benzene rings is 2. The van der Waals surface area contributed by atoms with E-state index in [-0.39, 0.29) is 5.91 Å². The number of carbonyl (C=O) groups excluding carboxylic acids is 1. The molecule has 0 fully saturated rings. The van der Waals surface area contributed by atoms with Crippen molar-refractivity contribution in [2.75, 3.05) is 10.6 Å². The SMILES string of the molecule is CC(C)(Nc1ccccc1Cl)C(=O)Nc1nc2ccc3[nH]ncc3c2s1. The molecule has 1 amide bonds. The fourth-order valence-corrected chi connectivity index (χ4v) is 3.82. The number of aromatic amines is 1. The van der Waals surface area contributed by atoms with Crippen LogP contribution in [0.15, 0.2) is 42.6 Å². The Balaban J connectivity index is 1.59. The topological polar surface area (TPSA) is 82.7 Å². The molecule has 0 unspecified atom stereocenters. The number of fused-ring (bicyclic) bond motifs is 3. The molecule has 3 N–H and O–H groups in total. The van der Waals surface area contributed by atoms with Gasteiger partial charge in [0.05, 0.1) is 32.6 Å². The first-order valence-corrected chi connectivity index (χ1v) is 9.20. The molecule has 0 aliphatic rings. The number of para-hydroxylation sites is 1. The average molecular weight is 386 g/mol. The Kier molecular flexibility index (Phi) is 4.05. The van der Waals surface area contributed by atoms with Gasteiger partial charge in [-0.05, 0) is 38.1 Å². The van der Waals surface area contributed by atoms with Crippen LogP contribution in [-0.4, -0.2) is 26.6 Å². The zero-order chi connectivity index (χ0) is 18.3. The maximum atomic E-state index is 12.8. The summed E-state index contributed by atoms with van der Waals surface area (Å²) in [4.78, 5) is 17.3. The van der Waals surface area contributed by atoms with Crippen molar-refractivity contribution >= 4 is 60.8 Å². The average Bonchev–Trinajstić information content (AvgIpc) is 3.22. The summed E-state index contributed by atoms with van der Waals surface area (Å²) >= 11 is 7.61. The molecule has 4 aromatic rings. The highest BCUT2D eigenvalue weighted by atomic mass is 35.5. The molecule has 6 nitrogen and oxygen atoms in total. The highest BCUT2D eigenvalue weighted by Crippen LogP contribution is 2.32. The van der Waals surface area contributed by atoms with Gasteiger partial charge in [0.1, 0.15) is 5.54 Å². The summed E-state index contributed by atoms with van der Waals surface area (Å²) in [5, 5.41) is 15.2. The molecule has 0 saturated heterocycles. The number of hydrogen-bond donors (Lipinski definition) is 3. The third-order valence-corrected chi connectivity index (χ3v) is 5.43. The van der Waals surface area contributed by atoms with E-state index in [9.17, 15) is 4.79 Å². The largest absolute Gasteiger partial charge is 0.370 e. The van der Waals surface area contributed by atoms with Gasteiger partial charge in [-0.25, -0.2) is 4.98 Å². The minimum absolute atomic E-state index is 0.195. The monoisotopic (exact) mass is 385 g/mol. The molecule has 2 aromatic heterocycles. The molecule has 26 heavy (non-hydrogen) atoms. The van der Waals surface area contributed by atoms with Gasteiger partial charge in [-0.2, -0.15) is 5.10 Å². The first-order valence-electron chi connectivity index (χ1n) is 8.01. The summed E-state index contributed by atoms with van der Waals surface area (Å²) in [7, 11) is 0. The summed E-state index contributed by atoms with van der Waals surface area (Å²) < 4.78 is 0.989. The first kappa shape index (κ1) is 16.8. The minimum Gasteiger partial charge on any atom is -0.370 e. The maximum Gasteiger partial charge on any atom is 0.251 e. The molecule has 4 rings (SSSR count). The second-order valence-electron chi connectivity index (χ2n) is 6.45. The number of hydrogen-bond acceptors (Lipinski definition) is 5. The number of carbonyl (C=O) groups is 1. The van der Waals surface area contributed by atoms with Gasteiger partial charge in [0, 0.05) is 5.39 Å². The van der Waals surface area contributed by atoms with Crippen LogP contribution in [0.5, 0.6) is 0 Å². The summed E-state index contributed by atoms with van der Waals surface area (Å²) in [6, 6.07) is 11.2. The van der Waals surface area contributed by atoms with Crippen LogP contribution in [0.2, 0.25) is 5.02 Å². The predicted octanol–water partition coefficient (Wildman–Crippen LogP) is 4.66. The van der Waals surface area contributed by atoms with Crippen LogP contribution in [0.4, 0.5) is 10.8 Å². The minimum atomic E-state index is -0.867. The van der Waals surface area contributed by atoms with Gasteiger partial charge in [0.25, 0.3) is 5.91 Å². The van der Waals surface area contributed by atoms with Gasteiger partial charge >= 0.3 is 0 Å². The zero-order valence-electron chi connectivity index (χ0n) is 14.1. The quantitative estimate of drug-likeness (QED) is 0.477. The molecule has 0 radical (unpaired) electrons. The highest BCUT2D eigenvalue weighted by Gasteiger charge is 2.29. The number of aromatic nitrogens is 3. The molecular weight excluding hydrogens is 370 g/mol. The lowest BCUT2D eigenvalue weighted by Gasteiger charge is -2.26. The number of thiazole rings is 1. The third kappa shape index (κ3) is 3.00. The van der Waals surface area contributed by atoms with Crippen molar-refractivity contribution < 1.29 is 4.79 Å². The van der Waals surface area contributed by atoms with Crippen LogP contribution < -0.4 is 10.6 Å². The van der Waals surface area contributed by atoms with Crippen LogP contribution in [0.1, 0.15) is 13.8 Å². The maximum absolute atomic E-state index is 12.8. The van der Waals surface area contributed by atoms with Crippen molar-refractivity contribution in [3.05, 3.63) is 47.6 Å². The molecule has 2 heterocycles. The van der Waals surface area contributed by atoms with E-state index >= 15 is 0 Å². The predicted molar refractivity (Wildman–Crippen MR) is 107 cm³/mol. The second kappa shape index (κ2) is 6.26. The standard InChI is InChI=1S/C18H16ClN5OS/c1-18(2,23-13-6-4-3-5-11(13)19)16(25)22-17-21-14-8-7-12-10(9-20-24-12)15(14)26-17/h3-9,23H,1-2H3,(H,20,24)(H,21,22,25). The fraction of sp³-hybridized carbons (Fsp3) is 0.167. The number of H-pyrrole nitrogens is 1. The summed E-state index contributed by atoms with van der Waals surface area (Å²) in [6.45, 7) is 3.60. The number of anilines is 2. The fourth-order valence-electron chi connectivity index (χ4n) is 2.67. The van der Waals surface area contributed by atoms with Crippen molar-refractivity contribution in [1.29, 1.82) is 0 Å². The third-order valence-electron chi connectivity index (χ3n) is 4.08. The number of nitrogens with one attached hydrogen (secondary N) is 3. The van der Waals surface area contributed by atoms with Gasteiger partial charge in [-0.3, -0.25) is 15.2 Å². The lowest BCUT2D eigenvalue weighted by Crippen LogP contribution is -2.44. The van der Waals surface area contributed by atoms with E-state index in [0.717, 1.165) is 21.1 Å². The van der Waals surface area contributed by atoms with E-state index in [1.54, 1.807) is 26.1 Å². The van der Waals surface area contributed by atoms with Gasteiger partial charge in [0.15, 0.2) is 5.13 Å². The lowest BCUT2D eigenvalue weighted by atomic mass is 10.0. The molecule has 0 spiro atoms. The molecular formula is C18H16ClN5OS. The van der Waals surface area contributed by atoms with E-state index in [0.29, 0.717) is 15.8 Å². The van der Waals surface area contributed by atoms with Crippen molar-refractivity contribution in [3.8, 4) is 0 Å². The number of nitrogens with zero attached hydrogens (tertiary/aromatic N) is 2. The molecule has 0 atom stereocenters. The Morgan fingerprint density at radius 3 is 2.85 bits per heavy atom. The molecule has 8 heteroatoms. The molecule has 0 saturated carbocycles. The number of amides is 1. The van der Waals surface area contributed by atoms with Gasteiger partial charge in [-0.15, -0.1) is 0 Å². The molecule has 132 valence electrons. The molecule has 2 aromatic carbocycles. The van der Waals surface area contributed by atoms with Crippen molar-refractivity contribution in [1.82, 2.24) is 15.2 Å². The van der Waals surface area contributed by atoms with Crippen LogP contribution in [-0.2, 0) is 4.79 Å². The van der Waals surface area contributed by atoms with Gasteiger partial charge in [-0.1, -0.05) is 35.1 Å². The van der Waals surface area contributed by atoms with E-state index in [1.165, 1.54) is 11.3 Å². The van der Waals surface area contributed by atoms with Crippen molar-refractivity contribution in [3.63, 3.8) is 0 Å². The second-order valence-corrected chi connectivity index (χ2v) is 7.85. The van der Waals surface area contributed by atoms with Crippen LogP contribution >= 0.6 is 22.9 Å². The first-order chi connectivity index (χ1) is 12.4. The Bertz CT molecular complexity index is 1120. The van der Waals surface area contributed by atoms with E-state index in [1.807, 2.05) is 30.3 Å². The smallest absolute Gasteiger partial charge is 0.251 e. The Hall–Kier alpha value is -2.64. The van der Waals surface area contributed by atoms with Crippen LogP contribution in [0, 0.1) is 0 Å². The number of rotatable bonds is 4. The molecule has 0 bridgehead atoms. The molecule has 0 aliphatic heterocycles. The van der Waals surface area contributed by atoms with Crippen LogP contribution in [0.3, 0.4) is 0 Å². The van der Waals surface area contributed by atoms with Gasteiger partial charge in [0.2, 0.25) is 0 Å². The molecule has 0 aliphatic carbocycles. The van der Waals surface area contributed by atoms with E-state index < -0.39 is 5.54 Å². The lowest BCUT2D eigenvalue weighted by molar-refractivity contribution is -0.119.